The van der Waals surface area contributed by atoms with Crippen molar-refractivity contribution in [3.05, 3.63) is 60.2 Å². The monoisotopic (exact) mass is 370 g/mol. The number of nitrogens with one attached hydrogen (secondary N) is 1. The van der Waals surface area contributed by atoms with Crippen molar-refractivity contribution in [3.63, 3.8) is 0 Å². The van der Waals surface area contributed by atoms with Crippen molar-refractivity contribution in [2.24, 2.45) is 5.92 Å². The average molecular weight is 371 g/mol. The number of benzene rings is 2. The zero-order chi connectivity index (χ0) is 17.1. The van der Waals surface area contributed by atoms with E-state index in [1.807, 2.05) is 47.4 Å². The van der Waals surface area contributed by atoms with Crippen LogP contribution in [0.15, 0.2) is 54.6 Å². The van der Waals surface area contributed by atoms with Gasteiger partial charge in [0.25, 0.3) is 5.91 Å². The van der Waals surface area contributed by atoms with Gasteiger partial charge in [0.05, 0.1) is 0 Å². The second-order valence-electron chi connectivity index (χ2n) is 7.36. The van der Waals surface area contributed by atoms with Gasteiger partial charge < -0.3 is 10.2 Å². The van der Waals surface area contributed by atoms with Crippen LogP contribution in [0.25, 0.3) is 11.1 Å². The summed E-state index contributed by atoms with van der Waals surface area (Å²) >= 11 is 0. The Hall–Kier alpha value is -1.84. The molecule has 2 aromatic rings. The third-order valence-electron chi connectivity index (χ3n) is 5.41. The first-order chi connectivity index (χ1) is 12.3. The minimum atomic E-state index is 0. The van der Waals surface area contributed by atoms with Gasteiger partial charge in [-0.1, -0.05) is 42.5 Å². The summed E-state index contributed by atoms with van der Waals surface area (Å²) in [7, 11) is 0. The largest absolute Gasteiger partial charge is 0.339 e. The van der Waals surface area contributed by atoms with Crippen molar-refractivity contribution in [2.75, 3.05) is 19.6 Å². The van der Waals surface area contributed by atoms with Crippen molar-refractivity contribution in [1.29, 1.82) is 0 Å². The molecule has 1 saturated carbocycles. The number of amides is 1. The van der Waals surface area contributed by atoms with Crippen LogP contribution in [0.3, 0.4) is 0 Å². The Morgan fingerprint density at radius 2 is 1.50 bits per heavy atom. The number of rotatable bonds is 5. The molecule has 1 heterocycles. The molecule has 1 amide bonds. The summed E-state index contributed by atoms with van der Waals surface area (Å²) < 4.78 is 0. The Morgan fingerprint density at radius 1 is 0.885 bits per heavy atom. The van der Waals surface area contributed by atoms with Gasteiger partial charge in [0.1, 0.15) is 0 Å². The van der Waals surface area contributed by atoms with Gasteiger partial charge in [0, 0.05) is 24.7 Å². The van der Waals surface area contributed by atoms with Gasteiger partial charge in [-0.15, -0.1) is 12.4 Å². The molecular formula is C22H27ClN2O. The number of hydrogen-bond donors (Lipinski definition) is 1. The second kappa shape index (κ2) is 8.70. The molecule has 1 aliphatic heterocycles. The standard InChI is InChI=1S/C22H26N2O.ClH/c25-22(24-14-12-21(13-15-24)23-16-17-6-7-17)20-10-8-19(9-11-20)18-4-2-1-3-5-18;/h1-5,8-11,17,21,23H,6-7,12-16H2;1H. The second-order valence-corrected chi connectivity index (χ2v) is 7.36. The van der Waals surface area contributed by atoms with Crippen LogP contribution in [0.2, 0.25) is 0 Å². The number of likely N-dealkylation sites (tertiary alicyclic amines) is 1. The fourth-order valence-electron chi connectivity index (χ4n) is 3.56. The topological polar surface area (TPSA) is 32.3 Å². The number of piperidine rings is 1. The highest BCUT2D eigenvalue weighted by molar-refractivity contribution is 5.94. The van der Waals surface area contributed by atoms with Crippen LogP contribution in [0.1, 0.15) is 36.0 Å². The van der Waals surface area contributed by atoms with E-state index in [0.717, 1.165) is 43.0 Å². The summed E-state index contributed by atoms with van der Waals surface area (Å²) in [5.74, 6) is 1.09. The van der Waals surface area contributed by atoms with Gasteiger partial charge in [-0.2, -0.15) is 0 Å². The lowest BCUT2D eigenvalue weighted by atomic mass is 10.0. The van der Waals surface area contributed by atoms with Gasteiger partial charge >= 0.3 is 0 Å². The molecule has 4 rings (SSSR count). The summed E-state index contributed by atoms with van der Waals surface area (Å²) in [5.41, 5.74) is 3.13. The van der Waals surface area contributed by atoms with Gasteiger partial charge in [0.2, 0.25) is 0 Å². The minimum absolute atomic E-state index is 0. The van der Waals surface area contributed by atoms with Gasteiger partial charge in [-0.3, -0.25) is 4.79 Å². The molecule has 138 valence electrons. The number of nitrogens with zero attached hydrogens (tertiary/aromatic N) is 1. The van der Waals surface area contributed by atoms with Crippen molar-refractivity contribution in [2.45, 2.75) is 31.7 Å². The zero-order valence-electron chi connectivity index (χ0n) is 15.1. The molecule has 2 fully saturated rings. The minimum Gasteiger partial charge on any atom is -0.339 e. The Labute approximate surface area is 162 Å². The van der Waals surface area contributed by atoms with Gasteiger partial charge in [-0.25, -0.2) is 0 Å². The van der Waals surface area contributed by atoms with Crippen molar-refractivity contribution < 1.29 is 4.79 Å². The van der Waals surface area contributed by atoms with Crippen LogP contribution in [-0.4, -0.2) is 36.5 Å². The highest BCUT2D eigenvalue weighted by Gasteiger charge is 2.26. The van der Waals surface area contributed by atoms with Crippen molar-refractivity contribution in [3.8, 4) is 11.1 Å². The summed E-state index contributed by atoms with van der Waals surface area (Å²) in [4.78, 5) is 14.7. The zero-order valence-corrected chi connectivity index (χ0v) is 15.9. The SMILES string of the molecule is Cl.O=C(c1ccc(-c2ccccc2)cc1)N1CCC(NCC2CC2)CC1. The lowest BCUT2D eigenvalue weighted by molar-refractivity contribution is 0.0705. The molecule has 0 unspecified atom stereocenters. The summed E-state index contributed by atoms with van der Waals surface area (Å²) in [5, 5.41) is 3.67. The lowest BCUT2D eigenvalue weighted by Crippen LogP contribution is -2.45. The molecule has 4 heteroatoms. The fraction of sp³-hybridized carbons (Fsp3) is 0.409. The first kappa shape index (κ1) is 18.9. The molecule has 0 radical (unpaired) electrons. The average Bonchev–Trinajstić information content (AvgIpc) is 3.52. The van der Waals surface area contributed by atoms with E-state index < -0.39 is 0 Å². The van der Waals surface area contributed by atoms with E-state index in [0.29, 0.717) is 6.04 Å². The van der Waals surface area contributed by atoms with Crippen molar-refractivity contribution >= 4 is 18.3 Å². The highest BCUT2D eigenvalue weighted by atomic mass is 35.5. The quantitative estimate of drug-likeness (QED) is 0.847. The molecular weight excluding hydrogens is 344 g/mol. The number of halogens is 1. The lowest BCUT2D eigenvalue weighted by Gasteiger charge is -2.32. The molecule has 1 aliphatic carbocycles. The third kappa shape index (κ3) is 4.66. The molecule has 3 nitrogen and oxygen atoms in total. The molecule has 0 bridgehead atoms. The third-order valence-corrected chi connectivity index (χ3v) is 5.41. The van der Waals surface area contributed by atoms with E-state index in [4.69, 9.17) is 0 Å². The number of carbonyl (C=O) groups excluding carboxylic acids is 1. The van der Waals surface area contributed by atoms with E-state index >= 15 is 0 Å². The smallest absolute Gasteiger partial charge is 0.253 e. The Bertz CT molecular complexity index is 705. The van der Waals surface area contributed by atoms with E-state index in [9.17, 15) is 4.79 Å². The maximum absolute atomic E-state index is 12.7. The number of hydrogen-bond acceptors (Lipinski definition) is 2. The van der Waals surface area contributed by atoms with Crippen LogP contribution in [-0.2, 0) is 0 Å². The highest BCUT2D eigenvalue weighted by Crippen LogP contribution is 2.28. The summed E-state index contributed by atoms with van der Waals surface area (Å²) in [6, 6.07) is 18.9. The van der Waals surface area contributed by atoms with E-state index in [-0.39, 0.29) is 18.3 Å². The van der Waals surface area contributed by atoms with Crippen LogP contribution in [0.4, 0.5) is 0 Å². The molecule has 2 aliphatic rings. The number of carbonyl (C=O) groups is 1. The molecule has 0 aromatic heterocycles. The van der Waals surface area contributed by atoms with Gasteiger partial charge in [-0.05, 0) is 61.4 Å². The predicted molar refractivity (Wildman–Crippen MR) is 109 cm³/mol. The molecule has 2 aromatic carbocycles. The molecule has 1 N–H and O–H groups in total. The van der Waals surface area contributed by atoms with Crippen LogP contribution in [0.5, 0.6) is 0 Å². The van der Waals surface area contributed by atoms with E-state index in [2.05, 4.69) is 17.4 Å². The molecule has 26 heavy (non-hydrogen) atoms. The Morgan fingerprint density at radius 3 is 2.12 bits per heavy atom. The molecule has 1 saturated heterocycles. The van der Waals surface area contributed by atoms with E-state index in [1.54, 1.807) is 0 Å². The fourth-order valence-corrected chi connectivity index (χ4v) is 3.56. The summed E-state index contributed by atoms with van der Waals surface area (Å²) in [6.45, 7) is 2.89. The Balaban J connectivity index is 0.00000196. The Kier molecular flexibility index (Phi) is 6.33. The normalized spacial score (nSPS) is 17.6. The molecule has 0 atom stereocenters. The summed E-state index contributed by atoms with van der Waals surface area (Å²) in [6.07, 6.45) is 4.92. The van der Waals surface area contributed by atoms with Crippen LogP contribution in [0, 0.1) is 5.92 Å². The first-order valence-electron chi connectivity index (χ1n) is 9.48. The predicted octanol–water partition coefficient (Wildman–Crippen LogP) is 4.38. The maximum atomic E-state index is 12.7. The van der Waals surface area contributed by atoms with Crippen LogP contribution < -0.4 is 5.32 Å². The van der Waals surface area contributed by atoms with Gasteiger partial charge in [0.15, 0.2) is 0 Å². The maximum Gasteiger partial charge on any atom is 0.253 e. The van der Waals surface area contributed by atoms with Crippen LogP contribution >= 0.6 is 12.4 Å². The first-order valence-corrected chi connectivity index (χ1v) is 9.48. The molecule has 0 spiro atoms. The van der Waals surface area contributed by atoms with Crippen molar-refractivity contribution in [1.82, 2.24) is 10.2 Å². The van der Waals surface area contributed by atoms with E-state index in [1.165, 1.54) is 24.9 Å².